The highest BCUT2D eigenvalue weighted by atomic mass is 16.6. The van der Waals surface area contributed by atoms with Gasteiger partial charge >= 0.3 is 5.97 Å². The number of phenolic OH excluding ortho intramolecular Hbond substituents is 1. The molecule has 0 saturated carbocycles. The highest BCUT2D eigenvalue weighted by Crippen LogP contribution is 2.42. The molecule has 1 aromatic rings. The average Bonchev–Trinajstić information content (AvgIpc) is 2.35. The van der Waals surface area contributed by atoms with Crippen molar-refractivity contribution in [3.05, 3.63) is 40.5 Å². The summed E-state index contributed by atoms with van der Waals surface area (Å²) in [7, 11) is 0. The van der Waals surface area contributed by atoms with Gasteiger partial charge in [-0.25, -0.2) is 0 Å². The van der Waals surface area contributed by atoms with E-state index in [1.807, 2.05) is 0 Å². The molecular formula is C16H16O6. The van der Waals surface area contributed by atoms with Crippen molar-refractivity contribution in [2.75, 3.05) is 0 Å². The molecular weight excluding hydrogens is 288 g/mol. The number of carboxylic acids is 1. The molecule has 1 aliphatic heterocycles. The predicted molar refractivity (Wildman–Crippen MR) is 75.5 cm³/mol. The summed E-state index contributed by atoms with van der Waals surface area (Å²) in [5.74, 6) is -3.47. The monoisotopic (exact) mass is 304 g/mol. The molecule has 0 spiro atoms. The number of benzene rings is 1. The van der Waals surface area contributed by atoms with Crippen LogP contribution in [-0.4, -0.2) is 39.0 Å². The summed E-state index contributed by atoms with van der Waals surface area (Å²) >= 11 is 0. The first-order valence-electron chi connectivity index (χ1n) is 6.99. The standard InChI is InChI=1S/C16H16O6/c1-16(21)14-9(6-10(22-16)7-12(18)19)5-8-3-2-4-11(17)13(8)15(14)20/h2-4,10,17,21H,5-7H2,1H3,(H,18,19)/t10-,16?/m0/s1. The minimum Gasteiger partial charge on any atom is -0.507 e. The first kappa shape index (κ1) is 14.7. The number of Topliss-reactive ketones (excluding diaryl/α,β-unsaturated/α-hetero) is 1. The summed E-state index contributed by atoms with van der Waals surface area (Å²) in [5, 5.41) is 29.3. The number of carbonyl (C=O) groups is 2. The molecule has 0 aromatic heterocycles. The molecule has 0 bridgehead atoms. The topological polar surface area (TPSA) is 104 Å². The number of hydrogen-bond acceptors (Lipinski definition) is 5. The Morgan fingerprint density at radius 3 is 2.86 bits per heavy atom. The molecule has 1 aromatic carbocycles. The smallest absolute Gasteiger partial charge is 0.305 e. The van der Waals surface area contributed by atoms with Gasteiger partial charge in [0, 0.05) is 0 Å². The molecule has 0 fully saturated rings. The van der Waals surface area contributed by atoms with Gasteiger partial charge in [0.1, 0.15) is 5.75 Å². The van der Waals surface area contributed by atoms with Gasteiger partial charge in [-0.05, 0) is 31.4 Å². The highest BCUT2D eigenvalue weighted by Gasteiger charge is 2.45. The van der Waals surface area contributed by atoms with E-state index in [1.165, 1.54) is 13.0 Å². The van der Waals surface area contributed by atoms with Crippen molar-refractivity contribution in [3.8, 4) is 5.75 Å². The second-order valence-corrected chi connectivity index (χ2v) is 5.82. The van der Waals surface area contributed by atoms with Crippen LogP contribution >= 0.6 is 0 Å². The molecule has 0 amide bonds. The molecule has 0 saturated heterocycles. The lowest BCUT2D eigenvalue weighted by Gasteiger charge is -2.39. The molecule has 3 rings (SSSR count). The number of ketones is 1. The molecule has 6 nitrogen and oxygen atoms in total. The molecule has 6 heteroatoms. The SMILES string of the molecule is CC1(O)O[C@H](CC(=O)O)CC2=C1C(=O)c1c(O)cccc1C2. The Bertz CT molecular complexity index is 701. The van der Waals surface area contributed by atoms with Crippen molar-refractivity contribution in [2.24, 2.45) is 0 Å². The summed E-state index contributed by atoms with van der Waals surface area (Å²) in [6.07, 6.45) is -0.259. The van der Waals surface area contributed by atoms with E-state index in [9.17, 15) is 19.8 Å². The van der Waals surface area contributed by atoms with Crippen molar-refractivity contribution >= 4 is 11.8 Å². The van der Waals surface area contributed by atoms with E-state index >= 15 is 0 Å². The number of aliphatic carboxylic acids is 1. The lowest BCUT2D eigenvalue weighted by atomic mass is 9.77. The summed E-state index contributed by atoms with van der Waals surface area (Å²) in [6, 6.07) is 4.82. The fourth-order valence-corrected chi connectivity index (χ4v) is 3.32. The largest absolute Gasteiger partial charge is 0.507 e. The summed E-state index contributed by atoms with van der Waals surface area (Å²) in [5.41, 5.74) is 1.64. The molecule has 2 atom stereocenters. The maximum Gasteiger partial charge on any atom is 0.305 e. The van der Waals surface area contributed by atoms with E-state index in [4.69, 9.17) is 9.84 Å². The second-order valence-electron chi connectivity index (χ2n) is 5.82. The van der Waals surface area contributed by atoms with Crippen LogP contribution in [0.1, 0.15) is 35.7 Å². The van der Waals surface area contributed by atoms with E-state index in [-0.39, 0.29) is 29.7 Å². The number of hydrogen-bond donors (Lipinski definition) is 3. The van der Waals surface area contributed by atoms with Crippen molar-refractivity contribution in [1.29, 1.82) is 0 Å². The fourth-order valence-electron chi connectivity index (χ4n) is 3.32. The predicted octanol–water partition coefficient (Wildman–Crippen LogP) is 1.40. The number of phenols is 1. The number of rotatable bonds is 2. The third kappa shape index (κ3) is 2.30. The van der Waals surface area contributed by atoms with Crippen LogP contribution in [0.15, 0.2) is 29.3 Å². The Labute approximate surface area is 126 Å². The number of ether oxygens (including phenoxy) is 1. The second kappa shape index (κ2) is 4.93. The third-order valence-corrected chi connectivity index (χ3v) is 4.08. The number of fused-ring (bicyclic) bond motifs is 1. The number of aromatic hydroxyl groups is 1. The van der Waals surface area contributed by atoms with Crippen LogP contribution in [0, 0.1) is 0 Å². The average molecular weight is 304 g/mol. The zero-order valence-corrected chi connectivity index (χ0v) is 12.0. The van der Waals surface area contributed by atoms with Gasteiger partial charge in [-0.3, -0.25) is 9.59 Å². The zero-order chi connectivity index (χ0) is 16.1. The number of aliphatic hydroxyl groups is 1. The Balaban J connectivity index is 2.05. The molecule has 1 aliphatic carbocycles. The van der Waals surface area contributed by atoms with Crippen LogP contribution in [0.2, 0.25) is 0 Å². The van der Waals surface area contributed by atoms with Crippen molar-refractivity contribution < 1.29 is 29.6 Å². The zero-order valence-electron chi connectivity index (χ0n) is 12.0. The van der Waals surface area contributed by atoms with Gasteiger partial charge in [0.05, 0.1) is 23.7 Å². The van der Waals surface area contributed by atoms with Gasteiger partial charge in [-0.2, -0.15) is 0 Å². The molecule has 3 N–H and O–H groups in total. The maximum atomic E-state index is 12.6. The maximum absolute atomic E-state index is 12.6. The summed E-state index contributed by atoms with van der Waals surface area (Å²) < 4.78 is 5.39. The van der Waals surface area contributed by atoms with Gasteiger partial charge in [-0.1, -0.05) is 17.7 Å². The Kier molecular flexibility index (Phi) is 3.30. The lowest BCUT2D eigenvalue weighted by Crippen LogP contribution is -2.45. The molecule has 22 heavy (non-hydrogen) atoms. The van der Waals surface area contributed by atoms with Crippen LogP contribution in [0.3, 0.4) is 0 Å². The van der Waals surface area contributed by atoms with Crippen LogP contribution < -0.4 is 0 Å². The quantitative estimate of drug-likeness (QED) is 0.763. The minimum atomic E-state index is -1.86. The molecule has 1 heterocycles. The Morgan fingerprint density at radius 1 is 1.45 bits per heavy atom. The van der Waals surface area contributed by atoms with E-state index in [2.05, 4.69) is 0 Å². The van der Waals surface area contributed by atoms with E-state index in [0.29, 0.717) is 17.6 Å². The summed E-state index contributed by atoms with van der Waals surface area (Å²) in [4.78, 5) is 23.5. The van der Waals surface area contributed by atoms with Crippen molar-refractivity contribution in [3.63, 3.8) is 0 Å². The Hall–Kier alpha value is -2.18. The van der Waals surface area contributed by atoms with Crippen LogP contribution in [0.5, 0.6) is 5.75 Å². The van der Waals surface area contributed by atoms with Crippen LogP contribution in [0.25, 0.3) is 0 Å². The van der Waals surface area contributed by atoms with Crippen LogP contribution in [-0.2, 0) is 16.0 Å². The van der Waals surface area contributed by atoms with Gasteiger partial charge in [-0.15, -0.1) is 0 Å². The van der Waals surface area contributed by atoms with E-state index in [1.54, 1.807) is 12.1 Å². The fraction of sp³-hybridized carbons (Fsp3) is 0.375. The van der Waals surface area contributed by atoms with E-state index < -0.39 is 23.6 Å². The summed E-state index contributed by atoms with van der Waals surface area (Å²) in [6.45, 7) is 1.33. The Morgan fingerprint density at radius 2 is 2.18 bits per heavy atom. The minimum absolute atomic E-state index is 0.114. The van der Waals surface area contributed by atoms with Crippen LogP contribution in [0.4, 0.5) is 0 Å². The van der Waals surface area contributed by atoms with Crippen molar-refractivity contribution in [2.45, 2.75) is 38.1 Å². The van der Waals surface area contributed by atoms with Gasteiger partial charge < -0.3 is 20.1 Å². The normalized spacial score (nSPS) is 27.4. The molecule has 1 unspecified atom stereocenters. The first-order valence-corrected chi connectivity index (χ1v) is 6.99. The van der Waals surface area contributed by atoms with Gasteiger partial charge in [0.25, 0.3) is 0 Å². The molecule has 116 valence electrons. The van der Waals surface area contributed by atoms with Gasteiger partial charge in [0.15, 0.2) is 11.6 Å². The van der Waals surface area contributed by atoms with E-state index in [0.717, 1.165) is 0 Å². The number of carboxylic acid groups (broad SMARTS) is 1. The first-order chi connectivity index (χ1) is 10.3. The van der Waals surface area contributed by atoms with Gasteiger partial charge in [0.2, 0.25) is 0 Å². The highest BCUT2D eigenvalue weighted by molar-refractivity contribution is 6.14. The lowest BCUT2D eigenvalue weighted by molar-refractivity contribution is -0.201. The molecule has 0 radical (unpaired) electrons. The number of carbonyl (C=O) groups excluding carboxylic acids is 1. The third-order valence-electron chi connectivity index (χ3n) is 4.08. The van der Waals surface area contributed by atoms with Crippen molar-refractivity contribution in [1.82, 2.24) is 0 Å². The molecule has 2 aliphatic rings.